The number of H-pyrrole nitrogens is 1. The fourth-order valence-corrected chi connectivity index (χ4v) is 6.66. The van der Waals surface area contributed by atoms with Gasteiger partial charge in [0.1, 0.15) is 5.82 Å². The minimum absolute atomic E-state index is 0.00694. The van der Waals surface area contributed by atoms with Crippen LogP contribution in [0, 0.1) is 5.41 Å². The highest BCUT2D eigenvalue weighted by Crippen LogP contribution is 2.51. The molecule has 7 rings (SSSR count). The number of aromatic nitrogens is 5. The number of benzene rings is 1. The van der Waals surface area contributed by atoms with Crippen LogP contribution in [0.4, 0.5) is 17.3 Å². The molecule has 0 saturated carbocycles. The first-order valence-electron chi connectivity index (χ1n) is 13.7. The number of carbonyl (C=O) groups is 1. The van der Waals surface area contributed by atoms with Crippen LogP contribution in [-0.2, 0) is 12.8 Å². The number of piperidine rings is 1. The lowest BCUT2D eigenvalue weighted by Gasteiger charge is -2.42. The lowest BCUT2D eigenvalue weighted by Crippen LogP contribution is -2.44. The summed E-state index contributed by atoms with van der Waals surface area (Å²) in [5.41, 5.74) is 13.6. The number of hydrogen-bond donors (Lipinski definition) is 2. The molecule has 10 nitrogen and oxygen atoms in total. The number of nitrogens with two attached hydrogens (primary N) is 1. The summed E-state index contributed by atoms with van der Waals surface area (Å²) in [6.45, 7) is 2.60. The highest BCUT2D eigenvalue weighted by molar-refractivity contribution is 5.94. The number of carbonyl (C=O) groups excluding carboxylic acids is 1. The molecule has 0 radical (unpaired) electrons. The SMILES string of the molecule is CN(C)C(=O)c1ccc2c(c1)[C@@H](N)C1(CCN(c3cnc4c(N5CCCc6ncccc65)n[nH]c4n3)CC1)C2. The van der Waals surface area contributed by atoms with E-state index in [1.54, 1.807) is 19.0 Å². The lowest BCUT2D eigenvalue weighted by molar-refractivity contribution is 0.0827. The first-order valence-corrected chi connectivity index (χ1v) is 13.7. The molecular weight excluding hydrogens is 490 g/mol. The summed E-state index contributed by atoms with van der Waals surface area (Å²) in [4.78, 5) is 32.9. The average Bonchev–Trinajstić information content (AvgIpc) is 3.50. The molecule has 3 aliphatic rings. The van der Waals surface area contributed by atoms with Crippen LogP contribution in [0.2, 0.25) is 0 Å². The fourth-order valence-electron chi connectivity index (χ4n) is 6.66. The molecule has 1 fully saturated rings. The number of amides is 1. The molecule has 1 atom stereocenters. The summed E-state index contributed by atoms with van der Waals surface area (Å²) in [5.74, 6) is 1.67. The second kappa shape index (κ2) is 9.01. The zero-order valence-electron chi connectivity index (χ0n) is 22.4. The summed E-state index contributed by atoms with van der Waals surface area (Å²) in [5, 5.41) is 7.73. The van der Waals surface area contributed by atoms with Crippen LogP contribution in [0.3, 0.4) is 0 Å². The van der Waals surface area contributed by atoms with Crippen molar-refractivity contribution in [3.05, 3.63) is 65.1 Å². The van der Waals surface area contributed by atoms with Crippen LogP contribution in [0.1, 0.15) is 52.5 Å². The number of fused-ring (bicyclic) bond motifs is 3. The lowest BCUT2D eigenvalue weighted by atomic mass is 9.73. The van der Waals surface area contributed by atoms with Crippen LogP contribution < -0.4 is 15.5 Å². The van der Waals surface area contributed by atoms with E-state index < -0.39 is 0 Å². The molecule has 1 aromatic carbocycles. The Morgan fingerprint density at radius 3 is 2.82 bits per heavy atom. The van der Waals surface area contributed by atoms with Crippen molar-refractivity contribution in [1.29, 1.82) is 0 Å². The summed E-state index contributed by atoms with van der Waals surface area (Å²) >= 11 is 0. The van der Waals surface area contributed by atoms with E-state index in [1.165, 1.54) is 5.56 Å². The Labute approximate surface area is 227 Å². The summed E-state index contributed by atoms with van der Waals surface area (Å²) in [6.07, 6.45) is 8.60. The Balaban J connectivity index is 1.09. The third kappa shape index (κ3) is 3.84. The van der Waals surface area contributed by atoms with Gasteiger partial charge in [-0.1, -0.05) is 6.07 Å². The highest BCUT2D eigenvalue weighted by Gasteiger charge is 2.46. The maximum absolute atomic E-state index is 12.5. The smallest absolute Gasteiger partial charge is 0.253 e. The van der Waals surface area contributed by atoms with E-state index >= 15 is 0 Å². The van der Waals surface area contributed by atoms with Crippen molar-refractivity contribution in [2.75, 3.05) is 43.5 Å². The molecule has 3 N–H and O–H groups in total. The van der Waals surface area contributed by atoms with Gasteiger partial charge in [0, 0.05) is 51.5 Å². The fraction of sp³-hybridized carbons (Fsp3) is 0.414. The molecule has 4 aromatic rings. The number of nitrogens with one attached hydrogen (secondary N) is 1. The van der Waals surface area contributed by atoms with Crippen LogP contribution in [-0.4, -0.2) is 69.7 Å². The topological polar surface area (TPSA) is 120 Å². The van der Waals surface area contributed by atoms with Gasteiger partial charge < -0.3 is 20.4 Å². The molecule has 1 aliphatic carbocycles. The molecule has 1 saturated heterocycles. The number of aromatic amines is 1. The van der Waals surface area contributed by atoms with E-state index in [-0.39, 0.29) is 17.4 Å². The number of rotatable bonds is 3. The number of nitrogens with zero attached hydrogens (tertiary/aromatic N) is 7. The summed E-state index contributed by atoms with van der Waals surface area (Å²) in [7, 11) is 3.56. The van der Waals surface area contributed by atoms with Gasteiger partial charge in [-0.05, 0) is 72.9 Å². The Morgan fingerprint density at radius 2 is 2.00 bits per heavy atom. The van der Waals surface area contributed by atoms with Gasteiger partial charge in [0.2, 0.25) is 0 Å². The zero-order chi connectivity index (χ0) is 26.7. The average molecular weight is 524 g/mol. The van der Waals surface area contributed by atoms with Gasteiger partial charge in [-0.15, -0.1) is 0 Å². The highest BCUT2D eigenvalue weighted by atomic mass is 16.2. The molecule has 5 heterocycles. The first kappa shape index (κ1) is 24.0. The second-order valence-electron chi connectivity index (χ2n) is 11.3. The number of anilines is 3. The molecular formula is C29H33N9O. The van der Waals surface area contributed by atoms with Crippen molar-refractivity contribution in [2.24, 2.45) is 11.1 Å². The Morgan fingerprint density at radius 1 is 1.15 bits per heavy atom. The quantitative estimate of drug-likeness (QED) is 0.419. The van der Waals surface area contributed by atoms with Crippen molar-refractivity contribution >= 4 is 34.4 Å². The molecule has 200 valence electrons. The maximum atomic E-state index is 12.5. The third-order valence-electron chi connectivity index (χ3n) is 8.87. The van der Waals surface area contributed by atoms with Crippen molar-refractivity contribution in [3.63, 3.8) is 0 Å². The van der Waals surface area contributed by atoms with Crippen molar-refractivity contribution in [1.82, 2.24) is 30.0 Å². The van der Waals surface area contributed by atoms with E-state index in [9.17, 15) is 4.79 Å². The Kier molecular flexibility index (Phi) is 5.55. The third-order valence-corrected chi connectivity index (χ3v) is 8.87. The van der Waals surface area contributed by atoms with Crippen LogP contribution in [0.15, 0.2) is 42.7 Å². The number of pyridine rings is 1. The second-order valence-corrected chi connectivity index (χ2v) is 11.3. The van der Waals surface area contributed by atoms with Gasteiger partial charge in [-0.25, -0.2) is 9.97 Å². The van der Waals surface area contributed by atoms with E-state index in [2.05, 4.69) is 37.1 Å². The van der Waals surface area contributed by atoms with Crippen LogP contribution >= 0.6 is 0 Å². The van der Waals surface area contributed by atoms with Crippen molar-refractivity contribution < 1.29 is 4.79 Å². The van der Waals surface area contributed by atoms with E-state index in [0.717, 1.165) is 85.8 Å². The predicted octanol–water partition coefficient (Wildman–Crippen LogP) is 3.38. The molecule has 1 spiro atoms. The van der Waals surface area contributed by atoms with Gasteiger partial charge in [-0.3, -0.25) is 14.9 Å². The molecule has 0 unspecified atom stereocenters. The standard InChI is InChI=1S/C29H33N9O/c1-36(2)28(39)18-7-8-19-16-29(25(30)20(19)15-18)9-13-37(14-10-29)23-17-32-24-26(33-23)34-35-27(24)38-12-4-5-21-22(38)6-3-11-31-21/h3,6-8,11,15,17,25H,4-5,9-10,12-14,16,30H2,1-2H3,(H,33,34,35)/t25-/m1/s1. The van der Waals surface area contributed by atoms with Gasteiger partial charge in [-0.2, -0.15) is 5.10 Å². The molecule has 39 heavy (non-hydrogen) atoms. The Hall–Kier alpha value is -4.05. The molecule has 0 bridgehead atoms. The Bertz CT molecular complexity index is 1570. The van der Waals surface area contributed by atoms with Crippen LogP contribution in [0.25, 0.3) is 11.2 Å². The monoisotopic (exact) mass is 523 g/mol. The summed E-state index contributed by atoms with van der Waals surface area (Å²) < 4.78 is 0. The predicted molar refractivity (Wildman–Crippen MR) is 150 cm³/mol. The zero-order valence-corrected chi connectivity index (χ0v) is 22.4. The van der Waals surface area contributed by atoms with Gasteiger partial charge >= 0.3 is 0 Å². The van der Waals surface area contributed by atoms with Crippen LogP contribution in [0.5, 0.6) is 0 Å². The van der Waals surface area contributed by atoms with Gasteiger partial charge in [0.15, 0.2) is 17.0 Å². The van der Waals surface area contributed by atoms with Gasteiger partial charge in [0.05, 0.1) is 17.6 Å². The first-order chi connectivity index (χ1) is 18.9. The molecule has 3 aromatic heterocycles. The largest absolute Gasteiger partial charge is 0.355 e. The van der Waals surface area contributed by atoms with Gasteiger partial charge in [0.25, 0.3) is 5.91 Å². The number of aryl methyl sites for hydroxylation is 1. The minimum Gasteiger partial charge on any atom is -0.355 e. The van der Waals surface area contributed by atoms with E-state index in [1.807, 2.05) is 30.6 Å². The molecule has 1 amide bonds. The van der Waals surface area contributed by atoms with E-state index in [0.29, 0.717) is 11.2 Å². The molecule has 10 heteroatoms. The van der Waals surface area contributed by atoms with E-state index in [4.69, 9.17) is 15.7 Å². The summed E-state index contributed by atoms with van der Waals surface area (Å²) in [6, 6.07) is 10.0. The van der Waals surface area contributed by atoms with Crippen molar-refractivity contribution in [2.45, 2.75) is 38.1 Å². The number of hydrogen-bond acceptors (Lipinski definition) is 8. The maximum Gasteiger partial charge on any atom is 0.253 e. The van der Waals surface area contributed by atoms with Crippen molar-refractivity contribution in [3.8, 4) is 0 Å². The minimum atomic E-state index is -0.0739. The molecule has 2 aliphatic heterocycles. The normalized spacial score (nSPS) is 19.8.